The summed E-state index contributed by atoms with van der Waals surface area (Å²) in [6.45, 7) is 0. The van der Waals surface area contributed by atoms with Crippen LogP contribution in [0.2, 0.25) is 0 Å². The van der Waals surface area contributed by atoms with Crippen LogP contribution in [0.1, 0.15) is 22.0 Å². The maximum Gasteiger partial charge on any atom is 0.340 e. The molecule has 0 fully saturated rings. The number of benzene rings is 2. The predicted molar refractivity (Wildman–Crippen MR) is 87.4 cm³/mol. The van der Waals surface area contributed by atoms with Crippen LogP contribution in [0, 0.1) is 0 Å². The number of hydrogen-bond acceptors (Lipinski definition) is 3. The van der Waals surface area contributed by atoms with E-state index in [0.717, 1.165) is 0 Å². The fraction of sp³-hybridized carbons (Fsp3) is 0.176. The first-order valence-electron chi connectivity index (χ1n) is 6.72. The van der Waals surface area contributed by atoms with Gasteiger partial charge in [0.25, 0.3) is 5.91 Å². The van der Waals surface area contributed by atoms with Gasteiger partial charge < -0.3 is 9.64 Å². The van der Waals surface area contributed by atoms with Crippen molar-refractivity contribution in [3.8, 4) is 0 Å². The molecule has 0 saturated heterocycles. The van der Waals surface area contributed by atoms with Crippen molar-refractivity contribution in [3.63, 3.8) is 0 Å². The number of amides is 1. The van der Waals surface area contributed by atoms with Gasteiger partial charge in [-0.15, -0.1) is 0 Å². The van der Waals surface area contributed by atoms with E-state index in [2.05, 4.69) is 15.9 Å². The monoisotopic (exact) mass is 361 g/mol. The molecule has 2 aromatic rings. The van der Waals surface area contributed by atoms with Crippen LogP contribution in [0.3, 0.4) is 0 Å². The molecular formula is C17H16BrNO3. The Morgan fingerprint density at radius 2 is 1.59 bits per heavy atom. The second-order valence-corrected chi connectivity index (χ2v) is 5.76. The van der Waals surface area contributed by atoms with Gasteiger partial charge in [-0.05, 0) is 28.1 Å². The van der Waals surface area contributed by atoms with Crippen molar-refractivity contribution >= 4 is 27.8 Å². The van der Waals surface area contributed by atoms with Crippen LogP contribution < -0.4 is 0 Å². The Morgan fingerprint density at radius 1 is 1.00 bits per heavy atom. The minimum atomic E-state index is -0.962. The molecular weight excluding hydrogens is 346 g/mol. The molecule has 0 bridgehead atoms. The smallest absolute Gasteiger partial charge is 0.340 e. The Morgan fingerprint density at radius 3 is 2.18 bits per heavy atom. The summed E-state index contributed by atoms with van der Waals surface area (Å²) in [5.74, 6) is -0.830. The third-order valence-corrected chi connectivity index (χ3v) is 3.78. The summed E-state index contributed by atoms with van der Waals surface area (Å²) in [6.07, 6.45) is -0.962. The van der Waals surface area contributed by atoms with Gasteiger partial charge in [0, 0.05) is 24.1 Å². The summed E-state index contributed by atoms with van der Waals surface area (Å²) in [5.41, 5.74) is 1.02. The molecule has 22 heavy (non-hydrogen) atoms. The number of hydrogen-bond donors (Lipinski definition) is 0. The summed E-state index contributed by atoms with van der Waals surface area (Å²) in [6, 6.07) is 15.9. The van der Waals surface area contributed by atoms with E-state index in [1.807, 2.05) is 6.07 Å². The molecule has 4 nitrogen and oxygen atoms in total. The maximum atomic E-state index is 12.4. The quantitative estimate of drug-likeness (QED) is 0.783. The highest BCUT2D eigenvalue weighted by atomic mass is 79.9. The molecule has 0 saturated carbocycles. The molecule has 0 spiro atoms. The first kappa shape index (κ1) is 16.2. The van der Waals surface area contributed by atoms with E-state index < -0.39 is 12.1 Å². The van der Waals surface area contributed by atoms with Crippen molar-refractivity contribution in [2.75, 3.05) is 14.1 Å². The number of halogens is 1. The zero-order valence-electron chi connectivity index (χ0n) is 12.3. The summed E-state index contributed by atoms with van der Waals surface area (Å²) >= 11 is 3.31. The van der Waals surface area contributed by atoms with Gasteiger partial charge in [-0.2, -0.15) is 0 Å². The van der Waals surface area contributed by atoms with Crippen molar-refractivity contribution in [1.29, 1.82) is 0 Å². The first-order chi connectivity index (χ1) is 10.5. The van der Waals surface area contributed by atoms with Crippen LogP contribution in [0.25, 0.3) is 0 Å². The Balaban J connectivity index is 2.29. The first-order valence-corrected chi connectivity index (χ1v) is 7.51. The molecule has 0 heterocycles. The minimum Gasteiger partial charge on any atom is -0.444 e. The average Bonchev–Trinajstić information content (AvgIpc) is 2.53. The van der Waals surface area contributed by atoms with E-state index in [4.69, 9.17) is 4.74 Å². The third-order valence-electron chi connectivity index (χ3n) is 3.09. The SMILES string of the molecule is CN(C)C(=O)[C@H](OC(=O)c1ccccc1Br)c1ccccc1. The van der Waals surface area contributed by atoms with Crippen molar-refractivity contribution in [2.24, 2.45) is 0 Å². The number of carbonyl (C=O) groups excluding carboxylic acids is 2. The van der Waals surface area contributed by atoms with E-state index in [1.165, 1.54) is 4.90 Å². The van der Waals surface area contributed by atoms with Crippen LogP contribution in [0.5, 0.6) is 0 Å². The van der Waals surface area contributed by atoms with E-state index >= 15 is 0 Å². The summed E-state index contributed by atoms with van der Waals surface area (Å²) in [4.78, 5) is 26.1. The molecule has 1 atom stereocenters. The number of nitrogens with zero attached hydrogens (tertiary/aromatic N) is 1. The maximum absolute atomic E-state index is 12.4. The molecule has 0 aliphatic rings. The highest BCUT2D eigenvalue weighted by molar-refractivity contribution is 9.10. The highest BCUT2D eigenvalue weighted by Crippen LogP contribution is 2.24. The Kier molecular flexibility index (Phi) is 5.33. The Bertz CT molecular complexity index is 671. The molecule has 114 valence electrons. The molecule has 1 amide bonds. The van der Waals surface area contributed by atoms with Crippen LogP contribution in [0.15, 0.2) is 59.1 Å². The van der Waals surface area contributed by atoms with Crippen LogP contribution >= 0.6 is 15.9 Å². The van der Waals surface area contributed by atoms with Gasteiger partial charge in [-0.3, -0.25) is 4.79 Å². The number of ether oxygens (including phenoxy) is 1. The molecule has 2 rings (SSSR count). The highest BCUT2D eigenvalue weighted by Gasteiger charge is 2.27. The number of rotatable bonds is 4. The van der Waals surface area contributed by atoms with E-state index in [-0.39, 0.29) is 5.91 Å². The molecule has 0 unspecified atom stereocenters. The van der Waals surface area contributed by atoms with Crippen LogP contribution in [-0.4, -0.2) is 30.9 Å². The molecule has 0 aliphatic carbocycles. The van der Waals surface area contributed by atoms with Crippen molar-refractivity contribution in [1.82, 2.24) is 4.90 Å². The lowest BCUT2D eigenvalue weighted by Crippen LogP contribution is -2.31. The lowest BCUT2D eigenvalue weighted by molar-refractivity contribution is -0.138. The zero-order valence-corrected chi connectivity index (χ0v) is 13.9. The van der Waals surface area contributed by atoms with Crippen molar-refractivity contribution < 1.29 is 14.3 Å². The molecule has 0 N–H and O–H groups in total. The molecule has 2 aromatic carbocycles. The molecule has 0 aromatic heterocycles. The van der Waals surface area contributed by atoms with Crippen LogP contribution in [-0.2, 0) is 9.53 Å². The van der Waals surface area contributed by atoms with Gasteiger partial charge in [-0.25, -0.2) is 4.79 Å². The van der Waals surface area contributed by atoms with Gasteiger partial charge in [0.2, 0.25) is 6.10 Å². The minimum absolute atomic E-state index is 0.286. The van der Waals surface area contributed by atoms with Crippen LogP contribution in [0.4, 0.5) is 0 Å². The van der Waals surface area contributed by atoms with Gasteiger partial charge in [0.15, 0.2) is 0 Å². The van der Waals surface area contributed by atoms with E-state index in [9.17, 15) is 9.59 Å². The summed E-state index contributed by atoms with van der Waals surface area (Å²) in [5, 5.41) is 0. The molecule has 5 heteroatoms. The molecule has 0 aliphatic heterocycles. The fourth-order valence-corrected chi connectivity index (χ4v) is 2.37. The van der Waals surface area contributed by atoms with Gasteiger partial charge in [0.05, 0.1) is 5.56 Å². The second kappa shape index (κ2) is 7.22. The van der Waals surface area contributed by atoms with Gasteiger partial charge in [0.1, 0.15) is 0 Å². The zero-order chi connectivity index (χ0) is 16.1. The second-order valence-electron chi connectivity index (χ2n) is 4.91. The molecule has 0 radical (unpaired) electrons. The largest absolute Gasteiger partial charge is 0.444 e. The summed E-state index contributed by atoms with van der Waals surface area (Å²) in [7, 11) is 3.26. The topological polar surface area (TPSA) is 46.6 Å². The number of carbonyl (C=O) groups is 2. The lowest BCUT2D eigenvalue weighted by atomic mass is 10.1. The van der Waals surface area contributed by atoms with E-state index in [1.54, 1.807) is 62.6 Å². The third kappa shape index (κ3) is 3.74. The summed E-state index contributed by atoms with van der Waals surface area (Å²) < 4.78 is 6.10. The lowest BCUT2D eigenvalue weighted by Gasteiger charge is -2.21. The van der Waals surface area contributed by atoms with Crippen molar-refractivity contribution in [2.45, 2.75) is 6.10 Å². The van der Waals surface area contributed by atoms with Gasteiger partial charge >= 0.3 is 5.97 Å². The predicted octanol–water partition coefficient (Wildman–Crippen LogP) is 3.44. The van der Waals surface area contributed by atoms with Crippen molar-refractivity contribution in [3.05, 3.63) is 70.2 Å². The normalized spacial score (nSPS) is 11.6. The number of esters is 1. The Labute approximate surface area is 137 Å². The fourth-order valence-electron chi connectivity index (χ4n) is 1.92. The standard InChI is InChI=1S/C17H16BrNO3/c1-19(2)16(20)15(12-8-4-3-5-9-12)22-17(21)13-10-6-7-11-14(13)18/h3-11,15H,1-2H3/t15-/m1/s1. The van der Waals surface area contributed by atoms with E-state index in [0.29, 0.717) is 15.6 Å². The number of likely N-dealkylation sites (N-methyl/N-ethyl adjacent to an activating group) is 1. The van der Waals surface area contributed by atoms with Gasteiger partial charge in [-0.1, -0.05) is 42.5 Å². The average molecular weight is 362 g/mol. The Hall–Kier alpha value is -2.14.